The fourth-order valence-corrected chi connectivity index (χ4v) is 3.37. The minimum atomic E-state index is 0.366. The van der Waals surface area contributed by atoms with Crippen molar-refractivity contribution in [2.45, 2.75) is 75.6 Å². The fraction of sp³-hybridized carbons (Fsp3) is 1.00. The molecule has 0 aromatic carbocycles. The first-order chi connectivity index (χ1) is 7.74. The molecule has 0 spiro atoms. The second-order valence-corrected chi connectivity index (χ2v) is 6.60. The molecule has 1 nitrogen and oxygen atoms in total. The normalized spacial score (nSPS) is 15.0. The van der Waals surface area contributed by atoms with Gasteiger partial charge in [-0.05, 0) is 31.6 Å². The predicted molar refractivity (Wildman–Crippen MR) is 81.3 cm³/mol. The number of alkyl halides is 1. The SMILES string of the molecule is CCCC(I)CCCC(CCC)CCCO. The van der Waals surface area contributed by atoms with E-state index in [1.165, 1.54) is 51.4 Å². The Morgan fingerprint density at radius 3 is 2.06 bits per heavy atom. The molecular weight excluding hydrogens is 311 g/mol. The molecule has 0 aliphatic rings. The summed E-state index contributed by atoms with van der Waals surface area (Å²) in [5.74, 6) is 0.863. The van der Waals surface area contributed by atoms with Gasteiger partial charge in [-0.15, -0.1) is 0 Å². The highest BCUT2D eigenvalue weighted by molar-refractivity contribution is 14.1. The number of rotatable bonds is 11. The molecule has 98 valence electrons. The summed E-state index contributed by atoms with van der Waals surface area (Å²) < 4.78 is 0.878. The van der Waals surface area contributed by atoms with Crippen molar-refractivity contribution < 1.29 is 5.11 Å². The highest BCUT2D eigenvalue weighted by Crippen LogP contribution is 2.23. The third-order valence-corrected chi connectivity index (χ3v) is 4.44. The van der Waals surface area contributed by atoms with Gasteiger partial charge in [0, 0.05) is 10.5 Å². The largest absolute Gasteiger partial charge is 0.396 e. The lowest BCUT2D eigenvalue weighted by Gasteiger charge is -2.16. The summed E-state index contributed by atoms with van der Waals surface area (Å²) in [7, 11) is 0. The van der Waals surface area contributed by atoms with Crippen molar-refractivity contribution in [1.82, 2.24) is 0 Å². The summed E-state index contributed by atoms with van der Waals surface area (Å²) in [4.78, 5) is 0. The van der Waals surface area contributed by atoms with Gasteiger partial charge in [-0.25, -0.2) is 0 Å². The summed E-state index contributed by atoms with van der Waals surface area (Å²) in [6.07, 6.45) is 11.7. The molecule has 0 amide bonds. The van der Waals surface area contributed by atoms with Gasteiger partial charge in [-0.3, -0.25) is 0 Å². The molecule has 0 fully saturated rings. The lowest BCUT2D eigenvalue weighted by molar-refractivity contribution is 0.263. The third-order valence-electron chi connectivity index (χ3n) is 3.20. The molecule has 0 aromatic heterocycles. The molecule has 0 aliphatic heterocycles. The number of aliphatic hydroxyl groups excluding tert-OH is 1. The molecule has 0 bridgehead atoms. The Balaban J connectivity index is 3.57. The minimum Gasteiger partial charge on any atom is -0.396 e. The van der Waals surface area contributed by atoms with Crippen LogP contribution in [0, 0.1) is 5.92 Å². The van der Waals surface area contributed by atoms with Gasteiger partial charge >= 0.3 is 0 Å². The Labute approximate surface area is 116 Å². The standard InChI is InChI=1S/C14H29IO/c1-3-7-13(10-6-12-16)9-5-11-14(15)8-4-2/h13-14,16H,3-12H2,1-2H3. The molecule has 0 aromatic rings. The summed E-state index contributed by atoms with van der Waals surface area (Å²) >= 11 is 2.60. The summed E-state index contributed by atoms with van der Waals surface area (Å²) in [6, 6.07) is 0. The molecule has 2 heteroatoms. The van der Waals surface area contributed by atoms with Crippen LogP contribution in [0.2, 0.25) is 0 Å². The van der Waals surface area contributed by atoms with Gasteiger partial charge in [-0.2, -0.15) is 0 Å². The van der Waals surface area contributed by atoms with E-state index in [9.17, 15) is 0 Å². The van der Waals surface area contributed by atoms with Crippen LogP contribution in [0.4, 0.5) is 0 Å². The predicted octanol–water partition coefficient (Wildman–Crippen LogP) is 4.95. The van der Waals surface area contributed by atoms with Gasteiger partial charge < -0.3 is 5.11 Å². The van der Waals surface area contributed by atoms with Crippen LogP contribution >= 0.6 is 22.6 Å². The van der Waals surface area contributed by atoms with Crippen LogP contribution in [0.3, 0.4) is 0 Å². The van der Waals surface area contributed by atoms with E-state index in [0.29, 0.717) is 6.61 Å². The molecule has 1 N–H and O–H groups in total. The molecule has 0 heterocycles. The highest BCUT2D eigenvalue weighted by Gasteiger charge is 2.09. The Morgan fingerprint density at radius 2 is 1.50 bits per heavy atom. The van der Waals surface area contributed by atoms with E-state index in [2.05, 4.69) is 36.4 Å². The maximum Gasteiger partial charge on any atom is 0.0431 e. The van der Waals surface area contributed by atoms with Crippen molar-refractivity contribution in [3.05, 3.63) is 0 Å². The van der Waals surface area contributed by atoms with Crippen LogP contribution in [0.25, 0.3) is 0 Å². The smallest absolute Gasteiger partial charge is 0.0431 e. The van der Waals surface area contributed by atoms with E-state index in [4.69, 9.17) is 5.11 Å². The molecule has 0 aliphatic carbocycles. The summed E-state index contributed by atoms with van der Waals surface area (Å²) in [5, 5.41) is 8.87. The lowest BCUT2D eigenvalue weighted by atomic mass is 9.92. The number of halogens is 1. The van der Waals surface area contributed by atoms with Gasteiger partial charge in [-0.1, -0.05) is 68.5 Å². The molecule has 0 saturated carbocycles. The van der Waals surface area contributed by atoms with Crippen LogP contribution in [-0.4, -0.2) is 15.6 Å². The molecule has 0 radical (unpaired) electrons. The highest BCUT2D eigenvalue weighted by atomic mass is 127. The molecular formula is C14H29IO. The van der Waals surface area contributed by atoms with Crippen LogP contribution < -0.4 is 0 Å². The molecule has 16 heavy (non-hydrogen) atoms. The monoisotopic (exact) mass is 340 g/mol. The molecule has 2 atom stereocenters. The van der Waals surface area contributed by atoms with Crippen LogP contribution in [0.5, 0.6) is 0 Å². The van der Waals surface area contributed by atoms with Crippen molar-refractivity contribution >= 4 is 22.6 Å². The quantitative estimate of drug-likeness (QED) is 0.417. The van der Waals surface area contributed by atoms with Crippen LogP contribution in [0.15, 0.2) is 0 Å². The van der Waals surface area contributed by atoms with Crippen LogP contribution in [0.1, 0.15) is 71.6 Å². The van der Waals surface area contributed by atoms with Gasteiger partial charge in [0.2, 0.25) is 0 Å². The first kappa shape index (κ1) is 16.7. The zero-order chi connectivity index (χ0) is 12.2. The second-order valence-electron chi connectivity index (χ2n) is 4.84. The van der Waals surface area contributed by atoms with Gasteiger partial charge in [0.25, 0.3) is 0 Å². The second kappa shape index (κ2) is 12.2. The Hall–Kier alpha value is 0.690. The van der Waals surface area contributed by atoms with Gasteiger partial charge in [0.05, 0.1) is 0 Å². The van der Waals surface area contributed by atoms with E-state index >= 15 is 0 Å². The fourth-order valence-electron chi connectivity index (χ4n) is 2.31. The Morgan fingerprint density at radius 1 is 0.875 bits per heavy atom. The Kier molecular flexibility index (Phi) is 12.7. The van der Waals surface area contributed by atoms with Crippen molar-refractivity contribution in [3.8, 4) is 0 Å². The van der Waals surface area contributed by atoms with E-state index in [0.717, 1.165) is 16.3 Å². The van der Waals surface area contributed by atoms with E-state index in [1.54, 1.807) is 0 Å². The van der Waals surface area contributed by atoms with Crippen molar-refractivity contribution in [2.75, 3.05) is 6.61 Å². The van der Waals surface area contributed by atoms with Gasteiger partial charge in [0.1, 0.15) is 0 Å². The molecule has 0 saturated heterocycles. The number of hydrogen-bond donors (Lipinski definition) is 1. The minimum absolute atomic E-state index is 0.366. The van der Waals surface area contributed by atoms with Crippen molar-refractivity contribution in [2.24, 2.45) is 5.92 Å². The van der Waals surface area contributed by atoms with Crippen molar-refractivity contribution in [3.63, 3.8) is 0 Å². The first-order valence-electron chi connectivity index (χ1n) is 6.99. The summed E-state index contributed by atoms with van der Waals surface area (Å²) in [6.45, 7) is 4.90. The zero-order valence-electron chi connectivity index (χ0n) is 11.1. The van der Waals surface area contributed by atoms with E-state index in [-0.39, 0.29) is 0 Å². The zero-order valence-corrected chi connectivity index (χ0v) is 13.2. The van der Waals surface area contributed by atoms with E-state index in [1.807, 2.05) is 0 Å². The molecule has 2 unspecified atom stereocenters. The average molecular weight is 340 g/mol. The lowest BCUT2D eigenvalue weighted by Crippen LogP contribution is -2.04. The first-order valence-corrected chi connectivity index (χ1v) is 8.24. The topological polar surface area (TPSA) is 20.2 Å². The number of hydrogen-bond acceptors (Lipinski definition) is 1. The summed E-state index contributed by atoms with van der Waals surface area (Å²) in [5.41, 5.74) is 0. The van der Waals surface area contributed by atoms with Crippen LogP contribution in [-0.2, 0) is 0 Å². The van der Waals surface area contributed by atoms with E-state index < -0.39 is 0 Å². The Bertz CT molecular complexity index is 139. The maximum absolute atomic E-state index is 8.87. The molecule has 0 rings (SSSR count). The van der Waals surface area contributed by atoms with Gasteiger partial charge in [0.15, 0.2) is 0 Å². The number of aliphatic hydroxyl groups is 1. The van der Waals surface area contributed by atoms with Crippen molar-refractivity contribution in [1.29, 1.82) is 0 Å². The third kappa shape index (κ3) is 9.88. The maximum atomic E-state index is 8.87. The average Bonchev–Trinajstić information content (AvgIpc) is 2.26.